The van der Waals surface area contributed by atoms with Gasteiger partial charge < -0.3 is 0 Å². The number of fused-ring (bicyclic) bond motifs is 1. The molecule has 2 aromatic rings. The minimum absolute atomic E-state index is 0.139. The maximum Gasteiger partial charge on any atom is 0.232 e. The Morgan fingerprint density at radius 2 is 1.75 bits per heavy atom. The minimum Gasteiger partial charge on any atom is -0.283 e. The highest BCUT2D eigenvalue weighted by Gasteiger charge is 2.10. The summed E-state index contributed by atoms with van der Waals surface area (Å²) in [6.07, 6.45) is 1.50. The molecule has 0 amide bonds. The number of hydrogen-bond acceptors (Lipinski definition) is 4. The Hall–Kier alpha value is -1.69. The Kier molecular flexibility index (Phi) is 4.23. The van der Waals surface area contributed by atoms with E-state index in [1.165, 1.54) is 0 Å². The molecule has 0 aliphatic heterocycles. The summed E-state index contributed by atoms with van der Waals surface area (Å²) in [7, 11) is -3.28. The van der Waals surface area contributed by atoms with Crippen molar-refractivity contribution in [3.8, 4) is 0 Å². The summed E-state index contributed by atoms with van der Waals surface area (Å²) in [5.41, 5.74) is 3.73. The summed E-state index contributed by atoms with van der Waals surface area (Å²) in [5, 5.41) is 0. The van der Waals surface area contributed by atoms with Crippen LogP contribution in [0.5, 0.6) is 0 Å². The number of sulfonamides is 1. The SMILES string of the molecule is CCCCS(=O)(=O)Nc1ccc2nc(C)c(C)nc2c1. The third-order valence-electron chi connectivity index (χ3n) is 3.12. The van der Waals surface area contributed by atoms with Crippen LogP contribution in [0.4, 0.5) is 5.69 Å². The highest BCUT2D eigenvalue weighted by atomic mass is 32.2. The van der Waals surface area contributed by atoms with Gasteiger partial charge in [0.1, 0.15) is 0 Å². The number of hydrogen-bond donors (Lipinski definition) is 1. The molecule has 0 bridgehead atoms. The van der Waals surface area contributed by atoms with Gasteiger partial charge >= 0.3 is 0 Å². The van der Waals surface area contributed by atoms with Gasteiger partial charge in [-0.3, -0.25) is 4.72 Å². The predicted octanol–water partition coefficient (Wildman–Crippen LogP) is 2.79. The maximum atomic E-state index is 11.9. The van der Waals surface area contributed by atoms with Crippen LogP contribution in [-0.2, 0) is 10.0 Å². The number of aryl methyl sites for hydroxylation is 2. The topological polar surface area (TPSA) is 72.0 Å². The van der Waals surface area contributed by atoms with Gasteiger partial charge in [0.15, 0.2) is 0 Å². The Balaban J connectivity index is 2.30. The Morgan fingerprint density at radius 3 is 2.40 bits per heavy atom. The van der Waals surface area contributed by atoms with Crippen molar-refractivity contribution in [2.45, 2.75) is 33.6 Å². The van der Waals surface area contributed by atoms with Crippen LogP contribution in [0.1, 0.15) is 31.2 Å². The summed E-state index contributed by atoms with van der Waals surface area (Å²) in [4.78, 5) is 8.85. The zero-order chi connectivity index (χ0) is 14.8. The molecule has 1 aromatic heterocycles. The largest absolute Gasteiger partial charge is 0.283 e. The molecular formula is C14H19N3O2S. The van der Waals surface area contributed by atoms with E-state index in [9.17, 15) is 8.42 Å². The van der Waals surface area contributed by atoms with Gasteiger partial charge in [0.25, 0.3) is 0 Å². The molecule has 1 aromatic carbocycles. The quantitative estimate of drug-likeness (QED) is 0.920. The van der Waals surface area contributed by atoms with Crippen molar-refractivity contribution < 1.29 is 8.42 Å². The average Bonchev–Trinajstić information content (AvgIpc) is 2.38. The standard InChI is InChI=1S/C14H19N3O2S/c1-4-5-8-20(18,19)17-12-6-7-13-14(9-12)16-11(3)10(2)15-13/h6-7,9,17H,4-5,8H2,1-3H3. The zero-order valence-corrected chi connectivity index (χ0v) is 12.8. The van der Waals surface area contributed by atoms with Crippen molar-refractivity contribution in [1.29, 1.82) is 0 Å². The second-order valence-electron chi connectivity index (χ2n) is 4.87. The fourth-order valence-corrected chi connectivity index (χ4v) is 3.12. The molecule has 6 heteroatoms. The lowest BCUT2D eigenvalue weighted by atomic mass is 10.2. The van der Waals surface area contributed by atoms with E-state index in [2.05, 4.69) is 14.7 Å². The first-order valence-corrected chi connectivity index (χ1v) is 8.32. The van der Waals surface area contributed by atoms with Crippen molar-refractivity contribution >= 4 is 26.7 Å². The van der Waals surface area contributed by atoms with Crippen LogP contribution in [0.25, 0.3) is 11.0 Å². The molecule has 0 fully saturated rings. The van der Waals surface area contributed by atoms with Gasteiger partial charge in [0.05, 0.1) is 33.9 Å². The summed E-state index contributed by atoms with van der Waals surface area (Å²) in [5.74, 6) is 0.139. The van der Waals surface area contributed by atoms with Gasteiger partial charge in [-0.2, -0.15) is 0 Å². The average molecular weight is 293 g/mol. The molecule has 0 spiro atoms. The molecule has 1 N–H and O–H groups in total. The first-order valence-electron chi connectivity index (χ1n) is 6.67. The predicted molar refractivity (Wildman–Crippen MR) is 81.3 cm³/mol. The summed E-state index contributed by atoms with van der Waals surface area (Å²) in [6.45, 7) is 5.76. The van der Waals surface area contributed by atoms with E-state index in [1.54, 1.807) is 18.2 Å². The van der Waals surface area contributed by atoms with Crippen LogP contribution >= 0.6 is 0 Å². The van der Waals surface area contributed by atoms with Crippen molar-refractivity contribution in [2.75, 3.05) is 10.5 Å². The number of rotatable bonds is 5. The van der Waals surface area contributed by atoms with Crippen LogP contribution in [-0.4, -0.2) is 24.1 Å². The number of nitrogens with one attached hydrogen (secondary N) is 1. The van der Waals surface area contributed by atoms with Crippen molar-refractivity contribution in [1.82, 2.24) is 9.97 Å². The zero-order valence-electron chi connectivity index (χ0n) is 12.0. The minimum atomic E-state index is -3.28. The fourth-order valence-electron chi connectivity index (χ4n) is 1.86. The highest BCUT2D eigenvalue weighted by molar-refractivity contribution is 7.92. The van der Waals surface area contributed by atoms with Crippen molar-refractivity contribution in [3.05, 3.63) is 29.6 Å². The second-order valence-corrected chi connectivity index (χ2v) is 6.71. The third kappa shape index (κ3) is 3.45. The molecule has 0 atom stereocenters. The molecule has 2 rings (SSSR count). The molecule has 0 aliphatic carbocycles. The molecule has 0 unspecified atom stereocenters. The molecule has 0 saturated heterocycles. The van der Waals surface area contributed by atoms with Gasteiger partial charge in [-0.05, 0) is 38.5 Å². The highest BCUT2D eigenvalue weighted by Crippen LogP contribution is 2.18. The maximum absolute atomic E-state index is 11.9. The molecule has 0 radical (unpaired) electrons. The van der Waals surface area contributed by atoms with E-state index < -0.39 is 10.0 Å². The van der Waals surface area contributed by atoms with Crippen LogP contribution in [0.2, 0.25) is 0 Å². The lowest BCUT2D eigenvalue weighted by Crippen LogP contribution is -2.16. The lowest BCUT2D eigenvalue weighted by Gasteiger charge is -2.09. The van der Waals surface area contributed by atoms with E-state index in [0.29, 0.717) is 17.6 Å². The van der Waals surface area contributed by atoms with Gasteiger partial charge in [-0.15, -0.1) is 0 Å². The monoisotopic (exact) mass is 293 g/mol. The van der Waals surface area contributed by atoms with Crippen LogP contribution in [0.3, 0.4) is 0 Å². The smallest absolute Gasteiger partial charge is 0.232 e. The van der Waals surface area contributed by atoms with E-state index in [-0.39, 0.29) is 5.75 Å². The molecule has 1 heterocycles. The Bertz CT molecular complexity index is 727. The molecule has 5 nitrogen and oxygen atoms in total. The number of unbranched alkanes of at least 4 members (excludes halogenated alkanes) is 1. The molecule has 0 saturated carbocycles. The van der Waals surface area contributed by atoms with Crippen LogP contribution in [0.15, 0.2) is 18.2 Å². The molecule has 0 aliphatic rings. The molecule has 20 heavy (non-hydrogen) atoms. The first-order chi connectivity index (χ1) is 9.41. The lowest BCUT2D eigenvalue weighted by molar-refractivity contribution is 0.598. The van der Waals surface area contributed by atoms with E-state index >= 15 is 0 Å². The number of aromatic nitrogens is 2. The normalized spacial score (nSPS) is 11.8. The van der Waals surface area contributed by atoms with Gasteiger partial charge in [0, 0.05) is 0 Å². The molecular weight excluding hydrogens is 274 g/mol. The Labute approximate surface area is 119 Å². The van der Waals surface area contributed by atoms with E-state index in [1.807, 2.05) is 20.8 Å². The van der Waals surface area contributed by atoms with Crippen LogP contribution < -0.4 is 4.72 Å². The fraction of sp³-hybridized carbons (Fsp3) is 0.429. The van der Waals surface area contributed by atoms with Crippen LogP contribution in [0, 0.1) is 13.8 Å². The summed E-state index contributed by atoms with van der Waals surface area (Å²) in [6, 6.07) is 5.22. The van der Waals surface area contributed by atoms with Crippen molar-refractivity contribution in [3.63, 3.8) is 0 Å². The number of benzene rings is 1. The van der Waals surface area contributed by atoms with Crippen molar-refractivity contribution in [2.24, 2.45) is 0 Å². The number of anilines is 1. The third-order valence-corrected chi connectivity index (χ3v) is 4.49. The van der Waals surface area contributed by atoms with Gasteiger partial charge in [0.2, 0.25) is 10.0 Å². The Morgan fingerprint density at radius 1 is 1.10 bits per heavy atom. The second kappa shape index (κ2) is 5.75. The summed E-state index contributed by atoms with van der Waals surface area (Å²) < 4.78 is 26.3. The first kappa shape index (κ1) is 14.7. The molecule has 108 valence electrons. The number of nitrogens with zero attached hydrogens (tertiary/aromatic N) is 2. The summed E-state index contributed by atoms with van der Waals surface area (Å²) >= 11 is 0. The van der Waals surface area contributed by atoms with Gasteiger partial charge in [-0.25, -0.2) is 18.4 Å². The van der Waals surface area contributed by atoms with E-state index in [4.69, 9.17) is 0 Å². The van der Waals surface area contributed by atoms with Gasteiger partial charge in [-0.1, -0.05) is 13.3 Å². The van der Waals surface area contributed by atoms with E-state index in [0.717, 1.165) is 23.3 Å².